The van der Waals surface area contributed by atoms with E-state index >= 15 is 0 Å². The van der Waals surface area contributed by atoms with Crippen LogP contribution in [0.2, 0.25) is 0 Å². The lowest BCUT2D eigenvalue weighted by molar-refractivity contribution is -0.227. The Hall–Kier alpha value is -1.48. The fourth-order valence-electron chi connectivity index (χ4n) is 2.64. The van der Waals surface area contributed by atoms with Crippen LogP contribution in [0.5, 0.6) is 0 Å². The summed E-state index contributed by atoms with van der Waals surface area (Å²) in [4.78, 5) is 25.0. The van der Waals surface area contributed by atoms with Crippen molar-refractivity contribution in [3.8, 4) is 0 Å². The lowest BCUT2D eigenvalue weighted by Crippen LogP contribution is -2.57. The van der Waals surface area contributed by atoms with Crippen LogP contribution in [0, 0.1) is 0 Å². The molecular weight excluding hydrogens is 256 g/mol. The van der Waals surface area contributed by atoms with Gasteiger partial charge in [-0.05, 0) is 0 Å². The van der Waals surface area contributed by atoms with Crippen LogP contribution in [-0.4, -0.2) is 50.8 Å². The highest BCUT2D eigenvalue weighted by molar-refractivity contribution is 5.07. The van der Waals surface area contributed by atoms with Crippen molar-refractivity contribution in [3.63, 3.8) is 0 Å². The van der Waals surface area contributed by atoms with Crippen molar-refractivity contribution in [2.24, 2.45) is 0 Å². The van der Waals surface area contributed by atoms with Gasteiger partial charge in [-0.2, -0.15) is 0 Å². The fourth-order valence-corrected chi connectivity index (χ4v) is 2.64. The van der Waals surface area contributed by atoms with E-state index in [0.29, 0.717) is 13.0 Å². The van der Waals surface area contributed by atoms with Crippen molar-refractivity contribution >= 4 is 0 Å². The summed E-state index contributed by atoms with van der Waals surface area (Å²) < 4.78 is 12.1. The fraction of sp³-hybridized carbons (Fsp3) is 0.636. The van der Waals surface area contributed by atoms with E-state index in [0.717, 1.165) is 0 Å². The second-order valence-electron chi connectivity index (χ2n) is 4.73. The number of rotatable bonds is 2. The lowest BCUT2D eigenvalue weighted by Gasteiger charge is -2.44. The highest BCUT2D eigenvalue weighted by atomic mass is 16.6. The van der Waals surface area contributed by atoms with Gasteiger partial charge in [-0.3, -0.25) is 14.3 Å². The van der Waals surface area contributed by atoms with Gasteiger partial charge in [0.15, 0.2) is 6.23 Å². The lowest BCUT2D eigenvalue weighted by atomic mass is 9.86. The molecule has 3 N–H and O–H groups in total. The van der Waals surface area contributed by atoms with E-state index in [1.165, 1.54) is 16.8 Å². The third-order valence-corrected chi connectivity index (χ3v) is 3.72. The summed E-state index contributed by atoms with van der Waals surface area (Å²) >= 11 is 0. The summed E-state index contributed by atoms with van der Waals surface area (Å²) in [6.45, 7) is 0.0774. The van der Waals surface area contributed by atoms with Crippen LogP contribution in [0.25, 0.3) is 0 Å². The number of aliphatic hydroxyl groups excluding tert-OH is 2. The van der Waals surface area contributed by atoms with Crippen LogP contribution in [0.15, 0.2) is 21.9 Å². The molecule has 2 aliphatic rings. The van der Waals surface area contributed by atoms with Gasteiger partial charge in [0.05, 0.1) is 13.2 Å². The number of aromatic nitrogens is 2. The first kappa shape index (κ1) is 12.5. The van der Waals surface area contributed by atoms with E-state index < -0.39 is 35.3 Å². The molecule has 2 fully saturated rings. The molecule has 1 aromatic heterocycles. The van der Waals surface area contributed by atoms with E-state index in [2.05, 4.69) is 4.98 Å². The zero-order valence-corrected chi connectivity index (χ0v) is 9.98. The number of nitrogens with zero attached hydrogens (tertiary/aromatic N) is 1. The largest absolute Gasteiger partial charge is 0.394 e. The van der Waals surface area contributed by atoms with E-state index in [4.69, 9.17) is 9.47 Å². The van der Waals surface area contributed by atoms with E-state index in [-0.39, 0.29) is 6.61 Å². The molecule has 8 nitrogen and oxygen atoms in total. The van der Waals surface area contributed by atoms with Crippen molar-refractivity contribution < 1.29 is 19.7 Å². The van der Waals surface area contributed by atoms with Crippen molar-refractivity contribution in [1.82, 2.24) is 9.55 Å². The van der Waals surface area contributed by atoms with E-state index in [1.807, 2.05) is 0 Å². The zero-order chi connectivity index (χ0) is 13.6. The van der Waals surface area contributed by atoms with Gasteiger partial charge in [0.25, 0.3) is 5.56 Å². The van der Waals surface area contributed by atoms with Gasteiger partial charge in [0.2, 0.25) is 0 Å². The predicted molar refractivity (Wildman–Crippen MR) is 61.6 cm³/mol. The first-order valence-corrected chi connectivity index (χ1v) is 5.98. The quantitative estimate of drug-likeness (QED) is 0.570. The first-order chi connectivity index (χ1) is 9.08. The Balaban J connectivity index is 2.04. The molecule has 4 atom stereocenters. The molecule has 0 amide bonds. The summed E-state index contributed by atoms with van der Waals surface area (Å²) in [5.74, 6) is 0. The van der Waals surface area contributed by atoms with Crippen molar-refractivity contribution in [3.05, 3.63) is 33.1 Å². The molecule has 1 spiro atoms. The van der Waals surface area contributed by atoms with Crippen molar-refractivity contribution in [2.45, 2.75) is 30.5 Å². The Bertz CT molecular complexity index is 589. The van der Waals surface area contributed by atoms with Gasteiger partial charge in [0.1, 0.15) is 17.8 Å². The van der Waals surface area contributed by atoms with E-state index in [1.54, 1.807) is 0 Å². The second kappa shape index (κ2) is 4.27. The second-order valence-corrected chi connectivity index (χ2v) is 4.73. The van der Waals surface area contributed by atoms with Crippen LogP contribution < -0.4 is 11.2 Å². The maximum Gasteiger partial charge on any atom is 0.330 e. The highest BCUT2D eigenvalue weighted by Crippen LogP contribution is 2.47. The average molecular weight is 270 g/mol. The van der Waals surface area contributed by atoms with Gasteiger partial charge in [-0.15, -0.1) is 0 Å². The third-order valence-electron chi connectivity index (χ3n) is 3.72. The van der Waals surface area contributed by atoms with Crippen LogP contribution >= 0.6 is 0 Å². The molecule has 0 saturated carbocycles. The van der Waals surface area contributed by atoms with Gasteiger partial charge < -0.3 is 19.7 Å². The molecule has 1 aromatic rings. The topological polar surface area (TPSA) is 114 Å². The summed E-state index contributed by atoms with van der Waals surface area (Å²) in [5, 5.41) is 19.3. The smallest absolute Gasteiger partial charge is 0.330 e. The van der Waals surface area contributed by atoms with Crippen LogP contribution in [0.1, 0.15) is 12.6 Å². The monoisotopic (exact) mass is 270 g/mol. The molecule has 8 heteroatoms. The third kappa shape index (κ3) is 1.68. The molecule has 19 heavy (non-hydrogen) atoms. The molecule has 2 saturated heterocycles. The molecule has 3 rings (SSSR count). The summed E-state index contributed by atoms with van der Waals surface area (Å²) in [5.41, 5.74) is -2.18. The molecule has 0 aliphatic carbocycles. The molecular formula is C11H14N2O6. The minimum absolute atomic E-state index is 0.374. The number of nitrogens with one attached hydrogen (secondary N) is 1. The Morgan fingerprint density at radius 2 is 2.26 bits per heavy atom. The number of hydrogen-bond acceptors (Lipinski definition) is 6. The van der Waals surface area contributed by atoms with Crippen LogP contribution in [-0.2, 0) is 9.47 Å². The van der Waals surface area contributed by atoms with E-state index in [9.17, 15) is 19.8 Å². The SMILES string of the molecule is O=c1ccn([C@@H]2OC(CO)[C@@H](O)[C@]23CCO3)c(=O)[nH]1. The number of hydrogen-bond donors (Lipinski definition) is 3. The number of aromatic amines is 1. The van der Waals surface area contributed by atoms with Gasteiger partial charge >= 0.3 is 5.69 Å². The van der Waals surface area contributed by atoms with Gasteiger partial charge in [-0.1, -0.05) is 0 Å². The van der Waals surface area contributed by atoms with Gasteiger partial charge in [-0.25, -0.2) is 4.79 Å². The first-order valence-electron chi connectivity index (χ1n) is 5.98. The molecule has 0 aromatic carbocycles. The number of H-pyrrole nitrogens is 1. The van der Waals surface area contributed by atoms with Gasteiger partial charge in [0, 0.05) is 18.7 Å². The van der Waals surface area contributed by atoms with Crippen molar-refractivity contribution in [2.75, 3.05) is 13.2 Å². The molecule has 3 heterocycles. The Kier molecular flexibility index (Phi) is 2.82. The zero-order valence-electron chi connectivity index (χ0n) is 9.98. The van der Waals surface area contributed by atoms with Crippen LogP contribution in [0.3, 0.4) is 0 Å². The normalized spacial score (nSPS) is 37.5. The minimum Gasteiger partial charge on any atom is -0.394 e. The maximum absolute atomic E-state index is 11.8. The summed E-state index contributed by atoms with van der Waals surface area (Å²) in [6, 6.07) is 1.19. The molecule has 0 bridgehead atoms. The number of ether oxygens (including phenoxy) is 2. The number of aliphatic hydroxyl groups is 2. The maximum atomic E-state index is 11.8. The summed E-state index contributed by atoms with van der Waals surface area (Å²) in [7, 11) is 0. The standard InChI is InChI=1S/C11H14N2O6/c14-5-6-8(16)11(2-4-18-11)9(19-6)13-3-1-7(15)12-10(13)17/h1,3,6,8-9,14,16H,2,4-5H2,(H,12,15,17)/t6?,8-,9-,11-/m1/s1. The summed E-state index contributed by atoms with van der Waals surface area (Å²) in [6.07, 6.45) is -0.889. The van der Waals surface area contributed by atoms with Crippen LogP contribution in [0.4, 0.5) is 0 Å². The predicted octanol–water partition coefficient (Wildman–Crippen LogP) is -2.05. The molecule has 104 valence electrons. The molecule has 0 radical (unpaired) electrons. The molecule has 2 aliphatic heterocycles. The van der Waals surface area contributed by atoms with Crippen molar-refractivity contribution in [1.29, 1.82) is 0 Å². The Labute approximate surface area is 107 Å². The Morgan fingerprint density at radius 3 is 2.79 bits per heavy atom. The highest BCUT2D eigenvalue weighted by Gasteiger charge is 2.61. The molecule has 1 unspecified atom stereocenters. The Morgan fingerprint density at radius 1 is 1.53 bits per heavy atom. The average Bonchev–Trinajstić information content (AvgIpc) is 2.62. The minimum atomic E-state index is -1.03.